The summed E-state index contributed by atoms with van der Waals surface area (Å²) in [6.07, 6.45) is 1.18. The van der Waals surface area contributed by atoms with Gasteiger partial charge in [0.05, 0.1) is 11.2 Å². The third-order valence-electron chi connectivity index (χ3n) is 3.93. The van der Waals surface area contributed by atoms with E-state index in [0.717, 1.165) is 25.2 Å². The van der Waals surface area contributed by atoms with E-state index in [2.05, 4.69) is 52.7 Å². The van der Waals surface area contributed by atoms with Gasteiger partial charge in [-0.15, -0.1) is 11.3 Å². The van der Waals surface area contributed by atoms with Crippen LogP contribution in [0.2, 0.25) is 0 Å². The van der Waals surface area contributed by atoms with Crippen molar-refractivity contribution in [3.05, 3.63) is 64.0 Å². The lowest BCUT2D eigenvalue weighted by Gasteiger charge is -2.26. The minimum absolute atomic E-state index is 0.945. The van der Waals surface area contributed by atoms with Gasteiger partial charge in [0.25, 0.3) is 0 Å². The van der Waals surface area contributed by atoms with Crippen LogP contribution < -0.4 is 0 Å². The van der Waals surface area contributed by atoms with Crippen molar-refractivity contribution in [2.75, 3.05) is 6.54 Å². The summed E-state index contributed by atoms with van der Waals surface area (Å²) in [5, 5.41) is 3.43. The molecule has 0 unspecified atom stereocenters. The van der Waals surface area contributed by atoms with Gasteiger partial charge >= 0.3 is 0 Å². The Morgan fingerprint density at radius 2 is 2.05 bits per heavy atom. The van der Waals surface area contributed by atoms with Crippen molar-refractivity contribution >= 4 is 22.2 Å². The first-order valence-corrected chi connectivity index (χ1v) is 7.89. The zero-order valence-corrected chi connectivity index (χ0v) is 12.1. The highest BCUT2D eigenvalue weighted by atomic mass is 32.1. The Morgan fingerprint density at radius 3 is 3.05 bits per heavy atom. The normalized spacial score (nSPS) is 15.4. The molecule has 0 amide bonds. The molecule has 0 saturated heterocycles. The number of rotatable bonds is 2. The monoisotopic (exact) mass is 280 g/mol. The molecule has 0 radical (unpaired) electrons. The number of thiophene rings is 1. The van der Waals surface area contributed by atoms with Gasteiger partial charge in [-0.2, -0.15) is 0 Å². The standard InChI is InChI=1S/C17H16N2S/c1-2-4-16-13(3-1)5-6-15(18-16)12-19-9-7-17-14(11-19)8-10-20-17/h1-6,8,10H,7,9,11-12H2. The van der Waals surface area contributed by atoms with E-state index in [0.29, 0.717) is 0 Å². The van der Waals surface area contributed by atoms with Crippen LogP contribution in [0.1, 0.15) is 16.1 Å². The van der Waals surface area contributed by atoms with Crippen molar-refractivity contribution in [1.29, 1.82) is 0 Å². The van der Waals surface area contributed by atoms with Gasteiger partial charge in [0.15, 0.2) is 0 Å². The van der Waals surface area contributed by atoms with E-state index >= 15 is 0 Å². The molecule has 20 heavy (non-hydrogen) atoms. The fraction of sp³-hybridized carbons (Fsp3) is 0.235. The molecule has 1 aliphatic rings. The Hall–Kier alpha value is -1.71. The molecule has 1 aliphatic heterocycles. The first-order valence-electron chi connectivity index (χ1n) is 7.01. The first kappa shape index (κ1) is 12.1. The molecule has 100 valence electrons. The smallest absolute Gasteiger partial charge is 0.0705 e. The Labute approximate surface area is 122 Å². The van der Waals surface area contributed by atoms with Crippen LogP contribution in [0, 0.1) is 0 Å². The predicted molar refractivity (Wildman–Crippen MR) is 83.9 cm³/mol. The topological polar surface area (TPSA) is 16.1 Å². The molecule has 3 heteroatoms. The average molecular weight is 280 g/mol. The van der Waals surface area contributed by atoms with Crippen LogP contribution in [0.25, 0.3) is 10.9 Å². The number of hydrogen-bond donors (Lipinski definition) is 0. The van der Waals surface area contributed by atoms with Crippen LogP contribution >= 0.6 is 11.3 Å². The van der Waals surface area contributed by atoms with Crippen LogP contribution in [0.3, 0.4) is 0 Å². The second-order valence-electron chi connectivity index (χ2n) is 5.32. The molecule has 0 spiro atoms. The molecule has 4 rings (SSSR count). The average Bonchev–Trinajstić information content (AvgIpc) is 2.95. The zero-order chi connectivity index (χ0) is 13.4. The van der Waals surface area contributed by atoms with Crippen LogP contribution in [0.5, 0.6) is 0 Å². The maximum absolute atomic E-state index is 4.77. The number of aromatic nitrogens is 1. The minimum atomic E-state index is 0.945. The van der Waals surface area contributed by atoms with E-state index in [1.807, 2.05) is 11.3 Å². The van der Waals surface area contributed by atoms with E-state index in [9.17, 15) is 0 Å². The highest BCUT2D eigenvalue weighted by molar-refractivity contribution is 7.10. The number of para-hydroxylation sites is 1. The van der Waals surface area contributed by atoms with Gasteiger partial charge in [-0.05, 0) is 35.6 Å². The van der Waals surface area contributed by atoms with Gasteiger partial charge in [-0.3, -0.25) is 9.88 Å². The summed E-state index contributed by atoms with van der Waals surface area (Å²) in [4.78, 5) is 8.83. The van der Waals surface area contributed by atoms with Crippen LogP contribution in [-0.4, -0.2) is 16.4 Å². The Bertz CT molecular complexity index is 747. The summed E-state index contributed by atoms with van der Waals surface area (Å²) in [6, 6.07) is 14.9. The van der Waals surface area contributed by atoms with Crippen molar-refractivity contribution < 1.29 is 0 Å². The second kappa shape index (κ2) is 5.00. The largest absolute Gasteiger partial charge is 0.293 e. The molecule has 0 fully saturated rings. The number of benzene rings is 1. The summed E-state index contributed by atoms with van der Waals surface area (Å²) >= 11 is 1.89. The molecule has 2 aromatic heterocycles. The van der Waals surface area contributed by atoms with Crippen molar-refractivity contribution in [2.24, 2.45) is 0 Å². The maximum Gasteiger partial charge on any atom is 0.0705 e. The van der Waals surface area contributed by atoms with Gasteiger partial charge in [0.1, 0.15) is 0 Å². The van der Waals surface area contributed by atoms with E-state index in [-0.39, 0.29) is 0 Å². The van der Waals surface area contributed by atoms with E-state index < -0.39 is 0 Å². The van der Waals surface area contributed by atoms with Crippen LogP contribution in [0.4, 0.5) is 0 Å². The Kier molecular flexibility index (Phi) is 3.02. The van der Waals surface area contributed by atoms with Crippen LogP contribution in [-0.2, 0) is 19.5 Å². The molecule has 0 atom stereocenters. The molecule has 1 aromatic carbocycles. The van der Waals surface area contributed by atoms with Crippen molar-refractivity contribution in [3.8, 4) is 0 Å². The Balaban J connectivity index is 1.56. The predicted octanol–water partition coefficient (Wildman–Crippen LogP) is 3.85. The van der Waals surface area contributed by atoms with Crippen molar-refractivity contribution in [3.63, 3.8) is 0 Å². The molecule has 0 bridgehead atoms. The number of fused-ring (bicyclic) bond motifs is 2. The number of nitrogens with zero attached hydrogens (tertiary/aromatic N) is 2. The fourth-order valence-electron chi connectivity index (χ4n) is 2.87. The molecule has 2 nitrogen and oxygen atoms in total. The van der Waals surface area contributed by atoms with Gasteiger partial charge < -0.3 is 0 Å². The molecule has 0 aliphatic carbocycles. The second-order valence-corrected chi connectivity index (χ2v) is 6.33. The maximum atomic E-state index is 4.77. The van der Waals surface area contributed by atoms with Crippen molar-refractivity contribution in [2.45, 2.75) is 19.5 Å². The summed E-state index contributed by atoms with van der Waals surface area (Å²) in [6.45, 7) is 3.15. The fourth-order valence-corrected chi connectivity index (χ4v) is 3.76. The number of hydrogen-bond acceptors (Lipinski definition) is 3. The highest BCUT2D eigenvalue weighted by Crippen LogP contribution is 2.25. The minimum Gasteiger partial charge on any atom is -0.293 e. The first-order chi connectivity index (χ1) is 9.88. The van der Waals surface area contributed by atoms with Crippen molar-refractivity contribution in [1.82, 2.24) is 9.88 Å². The third kappa shape index (κ3) is 2.23. The highest BCUT2D eigenvalue weighted by Gasteiger charge is 2.17. The quantitative estimate of drug-likeness (QED) is 0.708. The summed E-state index contributed by atoms with van der Waals surface area (Å²) < 4.78 is 0. The lowest BCUT2D eigenvalue weighted by Crippen LogP contribution is -2.29. The molecule has 0 saturated carbocycles. The van der Waals surface area contributed by atoms with Gasteiger partial charge in [0.2, 0.25) is 0 Å². The van der Waals surface area contributed by atoms with Gasteiger partial charge in [-0.25, -0.2) is 0 Å². The van der Waals surface area contributed by atoms with Gasteiger partial charge in [-0.1, -0.05) is 24.3 Å². The molecule has 3 aromatic rings. The van der Waals surface area contributed by atoms with E-state index in [1.165, 1.54) is 23.1 Å². The summed E-state index contributed by atoms with van der Waals surface area (Å²) in [5.41, 5.74) is 3.77. The third-order valence-corrected chi connectivity index (χ3v) is 4.95. The van der Waals surface area contributed by atoms with Crippen LogP contribution in [0.15, 0.2) is 47.8 Å². The molecular formula is C17H16N2S. The molecular weight excluding hydrogens is 264 g/mol. The van der Waals surface area contributed by atoms with E-state index in [1.54, 1.807) is 4.88 Å². The lowest BCUT2D eigenvalue weighted by atomic mass is 10.1. The Morgan fingerprint density at radius 1 is 1.10 bits per heavy atom. The molecule has 0 N–H and O–H groups in total. The summed E-state index contributed by atoms with van der Waals surface area (Å²) in [7, 11) is 0. The SMILES string of the molecule is c1ccc2nc(CN3CCc4sccc4C3)ccc2c1. The zero-order valence-electron chi connectivity index (χ0n) is 11.2. The van der Waals surface area contributed by atoms with E-state index in [4.69, 9.17) is 4.98 Å². The van der Waals surface area contributed by atoms with Gasteiger partial charge in [0, 0.05) is 29.9 Å². The number of pyridine rings is 1. The lowest BCUT2D eigenvalue weighted by molar-refractivity contribution is 0.245. The summed E-state index contributed by atoms with van der Waals surface area (Å²) in [5.74, 6) is 0. The molecule has 3 heterocycles.